The molecule has 3 N–H and O–H groups in total. The highest BCUT2D eigenvalue weighted by molar-refractivity contribution is 9.11. The Bertz CT molecular complexity index is 5050. The van der Waals surface area contributed by atoms with Gasteiger partial charge in [-0.05, 0) is 166 Å². The van der Waals surface area contributed by atoms with Gasteiger partial charge < -0.3 is 24.6 Å². The van der Waals surface area contributed by atoms with Gasteiger partial charge in [0.25, 0.3) is 37.9 Å². The Labute approximate surface area is 578 Å². The number of piperidine rings is 3. The number of halogens is 9. The minimum Gasteiger partial charge on any atom is -0.399 e. The third-order valence-corrected chi connectivity index (χ3v) is 24.2. The van der Waals surface area contributed by atoms with Crippen LogP contribution in [0.4, 0.5) is 26.3 Å². The van der Waals surface area contributed by atoms with Crippen LogP contribution in [-0.2, 0) is 38.4 Å². The van der Waals surface area contributed by atoms with Gasteiger partial charge in [0.1, 0.15) is 0 Å². The highest BCUT2D eigenvalue weighted by Gasteiger charge is 2.52. The number of H-pyrrole nitrogens is 2. The lowest BCUT2D eigenvalue weighted by atomic mass is 9.78. The molecule has 28 heteroatoms. The van der Waals surface area contributed by atoms with Crippen molar-refractivity contribution in [2.45, 2.75) is 110 Å². The number of pyridine rings is 2. The third-order valence-electron chi connectivity index (χ3n) is 17.7. The summed E-state index contributed by atoms with van der Waals surface area (Å²) in [6.07, 6.45) is 1.49. The minimum absolute atomic E-state index is 0.00694. The highest BCUT2D eigenvalue weighted by Crippen LogP contribution is 2.39. The van der Waals surface area contributed by atoms with Crippen LogP contribution in [-0.4, -0.2) is 119 Å². The minimum atomic E-state index is -3.85. The molecule has 0 aliphatic carbocycles. The molecule has 15 nitrogen and oxygen atoms in total. The monoisotopic (exact) mass is 1540 g/mol. The van der Waals surface area contributed by atoms with Gasteiger partial charge in [-0.25, -0.2) is 51.6 Å². The standard InChI is InChI=1S/C24H20F2N2O3S.C15H18BNO3.C15H14BrF2NO2S.C10H6BrClO2S.C5H9F2N/c25-24(26)9-12-28(13-10-24)32(30,31)19-5-7-21-16(15-19)2-1-3-20(21)17-4-6-22-18(14-17)8-11-27-23(22)29;1-14(2)15(3,4)20-16(19-14)11-5-6-12-10(9-11)7-8-17-13(12)18;16-14-3-1-2-11-10-12(4-5-13(11)14)22(20,21)19-8-6-15(17,18)7-9-19;11-10-3-1-2-7-6-8(15(12,13)14)4-5-9(7)10;6-5(7)1-3-8-4-2-5/h1-8,11,14-15H,9-10,12-13H2,(H,27,29);5-9H,1-4H3,(H,17,18);1-5,10H,6-9H2;1-6H;8H,1-4H2. The Balaban J connectivity index is 0.000000139. The molecule has 6 heterocycles. The van der Waals surface area contributed by atoms with E-state index in [0.717, 1.165) is 77.2 Å². The number of nitrogens with zero attached hydrogens (tertiary/aromatic N) is 2. The molecule has 4 fully saturated rings. The van der Waals surface area contributed by atoms with Gasteiger partial charge in [0.05, 0.1) is 25.9 Å². The van der Waals surface area contributed by atoms with Crippen LogP contribution in [0.3, 0.4) is 0 Å². The summed E-state index contributed by atoms with van der Waals surface area (Å²) in [6.45, 7) is 8.36. The Hall–Kier alpha value is -6.50. The van der Waals surface area contributed by atoms with Crippen molar-refractivity contribution < 1.29 is 60.9 Å². The normalized spacial score (nSPS) is 18.4. The Kier molecular flexibility index (Phi) is 21.9. The second-order valence-electron chi connectivity index (χ2n) is 24.8. The largest absolute Gasteiger partial charge is 0.494 e. The van der Waals surface area contributed by atoms with Gasteiger partial charge in [-0.2, -0.15) is 8.61 Å². The molecule has 0 atom stereocenters. The zero-order chi connectivity index (χ0) is 70.1. The zero-order valence-electron chi connectivity index (χ0n) is 52.8. The van der Waals surface area contributed by atoms with E-state index < -0.39 is 79.7 Å². The van der Waals surface area contributed by atoms with Crippen molar-refractivity contribution in [1.29, 1.82) is 0 Å². The maximum Gasteiger partial charge on any atom is 0.494 e. The van der Waals surface area contributed by atoms with Crippen molar-refractivity contribution in [2.75, 3.05) is 39.3 Å². The van der Waals surface area contributed by atoms with Crippen molar-refractivity contribution in [3.05, 3.63) is 200 Å². The first-order valence-corrected chi connectivity index (χ1v) is 37.6. The first-order valence-electron chi connectivity index (χ1n) is 30.8. The SMILES string of the molecule is CC1(C)OB(c2ccc3c(=O)[nH]ccc3c2)OC1(C)C.FC1(F)CCNCC1.O=S(=O)(Cl)c1ccc2c(Br)cccc2c1.O=S(=O)(c1ccc2c(Br)cccc2c1)N1CCC(F)(F)CC1.O=c1[nH]ccc2cc(-c3cccc4cc(S(=O)(=O)N5CCC(F)(F)CC5)ccc34)ccc12. The van der Waals surface area contributed by atoms with Gasteiger partial charge in [-0.3, -0.25) is 9.59 Å². The van der Waals surface area contributed by atoms with Crippen molar-refractivity contribution in [3.63, 3.8) is 0 Å². The molecule has 0 spiro atoms. The van der Waals surface area contributed by atoms with Crippen molar-refractivity contribution in [2.24, 2.45) is 0 Å². The molecule has 2 aromatic heterocycles. The van der Waals surface area contributed by atoms with E-state index in [1.807, 2.05) is 125 Å². The van der Waals surface area contributed by atoms with Crippen LogP contribution in [0.5, 0.6) is 0 Å². The predicted octanol–water partition coefficient (Wildman–Crippen LogP) is 15.2. The fourth-order valence-corrected chi connectivity index (χ4v) is 16.1. The van der Waals surface area contributed by atoms with E-state index in [-0.39, 0.29) is 76.0 Å². The number of aromatic amines is 2. The molecule has 8 aromatic carbocycles. The summed E-state index contributed by atoms with van der Waals surface area (Å²) in [4.78, 5) is 29.4. The van der Waals surface area contributed by atoms with E-state index in [4.69, 9.17) is 20.0 Å². The van der Waals surface area contributed by atoms with Crippen LogP contribution in [0.1, 0.15) is 66.2 Å². The average molecular weight is 1540 g/mol. The Morgan fingerprint density at radius 1 is 0.454 bits per heavy atom. The van der Waals surface area contributed by atoms with Crippen LogP contribution in [0.15, 0.2) is 203 Å². The van der Waals surface area contributed by atoms with Crippen molar-refractivity contribution in [3.8, 4) is 11.1 Å². The average Bonchev–Trinajstić information content (AvgIpc) is 1.74. The fourth-order valence-electron chi connectivity index (χ4n) is 11.3. The van der Waals surface area contributed by atoms with E-state index in [2.05, 4.69) is 47.1 Å². The van der Waals surface area contributed by atoms with Crippen molar-refractivity contribution in [1.82, 2.24) is 23.9 Å². The highest BCUT2D eigenvalue weighted by atomic mass is 79.9. The number of nitrogens with one attached hydrogen (secondary N) is 3. The summed E-state index contributed by atoms with van der Waals surface area (Å²) in [6, 6.07) is 46.1. The molecule has 0 radical (unpaired) electrons. The van der Waals surface area contributed by atoms with Gasteiger partial charge in [-0.1, -0.05) is 111 Å². The maximum atomic E-state index is 13.5. The summed E-state index contributed by atoms with van der Waals surface area (Å²) in [5.41, 5.74) is 1.79. The lowest BCUT2D eigenvalue weighted by Crippen LogP contribution is -2.42. The zero-order valence-corrected chi connectivity index (χ0v) is 59.2. The van der Waals surface area contributed by atoms with Crippen LogP contribution in [0.2, 0.25) is 0 Å². The van der Waals surface area contributed by atoms with Gasteiger partial charge >= 0.3 is 7.12 Å². The van der Waals surface area contributed by atoms with E-state index in [9.17, 15) is 61.2 Å². The summed E-state index contributed by atoms with van der Waals surface area (Å²) < 4.78 is 167. The van der Waals surface area contributed by atoms with Gasteiger partial charge in [0, 0.05) is 121 Å². The molecular formula is C69H67BBr2ClF6N5O10S3. The van der Waals surface area contributed by atoms with E-state index >= 15 is 0 Å². The number of hydrogen-bond donors (Lipinski definition) is 3. The number of hydrogen-bond acceptors (Lipinski definition) is 11. The van der Waals surface area contributed by atoms with Crippen LogP contribution in [0, 0.1) is 0 Å². The Morgan fingerprint density at radius 2 is 0.835 bits per heavy atom. The number of benzene rings is 8. The summed E-state index contributed by atoms with van der Waals surface area (Å²) in [5, 5.41) is 10.9. The molecule has 0 saturated carbocycles. The molecule has 0 unspecified atom stereocenters. The van der Waals surface area contributed by atoms with Crippen LogP contribution < -0.4 is 21.9 Å². The van der Waals surface area contributed by atoms with Gasteiger partial charge in [-0.15, -0.1) is 0 Å². The molecule has 10 aromatic rings. The van der Waals surface area contributed by atoms with Crippen LogP contribution in [0.25, 0.3) is 65.0 Å². The summed E-state index contributed by atoms with van der Waals surface area (Å²) >= 11 is 6.81. The molecule has 97 heavy (non-hydrogen) atoms. The molecule has 4 saturated heterocycles. The van der Waals surface area contributed by atoms with E-state index in [1.54, 1.807) is 54.9 Å². The molecule has 14 rings (SSSR count). The first kappa shape index (κ1) is 73.2. The second-order valence-corrected chi connectivity index (χ2v) is 33.0. The maximum absolute atomic E-state index is 13.5. The Morgan fingerprint density at radius 3 is 1.29 bits per heavy atom. The molecule has 4 aliphatic rings. The molecular weight excluding hydrogens is 1480 g/mol. The predicted molar refractivity (Wildman–Crippen MR) is 377 cm³/mol. The lowest BCUT2D eigenvalue weighted by molar-refractivity contribution is -0.0419. The molecule has 0 bridgehead atoms. The molecule has 512 valence electrons. The first-order chi connectivity index (χ1) is 45.5. The number of fused-ring (bicyclic) bond motifs is 5. The number of sulfonamides is 2. The number of rotatable bonds is 7. The molecule has 4 aliphatic heterocycles. The number of aromatic nitrogens is 2. The van der Waals surface area contributed by atoms with Crippen LogP contribution >= 0.6 is 42.5 Å². The van der Waals surface area contributed by atoms with Gasteiger partial charge in [0.2, 0.25) is 20.0 Å². The topological polar surface area (TPSA) is 205 Å². The second kappa shape index (κ2) is 29.0. The van der Waals surface area contributed by atoms with E-state index in [1.165, 1.54) is 18.2 Å². The van der Waals surface area contributed by atoms with E-state index in [0.29, 0.717) is 23.9 Å². The third kappa shape index (κ3) is 17.2. The quantitative estimate of drug-likeness (QED) is 0.0777. The van der Waals surface area contributed by atoms with Crippen molar-refractivity contribution >= 4 is 138 Å². The lowest BCUT2D eigenvalue weighted by Gasteiger charge is -2.32. The smallest absolute Gasteiger partial charge is 0.399 e. The summed E-state index contributed by atoms with van der Waals surface area (Å²) in [5.74, 6) is -7.96. The number of alkyl halides is 6. The van der Waals surface area contributed by atoms with Gasteiger partial charge in [0.15, 0.2) is 0 Å². The molecule has 0 amide bonds. The fraction of sp³-hybridized carbons (Fsp3) is 0.304. The summed E-state index contributed by atoms with van der Waals surface area (Å²) in [7, 11) is -6.38.